The Morgan fingerprint density at radius 2 is 2.00 bits per heavy atom. The molecule has 0 spiro atoms. The predicted molar refractivity (Wildman–Crippen MR) is 66.0 cm³/mol. The van der Waals surface area contributed by atoms with Gasteiger partial charge >= 0.3 is 0 Å². The second kappa shape index (κ2) is 4.12. The average molecular weight is 334 g/mol. The molecule has 84 valence electrons. The number of hydrogen-bond donors (Lipinski definition) is 0. The van der Waals surface area contributed by atoms with E-state index in [1.807, 2.05) is 6.92 Å². The number of hydrogen-bond acceptors (Lipinski definition) is 1. The van der Waals surface area contributed by atoms with Crippen molar-refractivity contribution >= 4 is 22.6 Å². The molecule has 2 rings (SSSR count). The molecule has 0 saturated carbocycles. The van der Waals surface area contributed by atoms with Crippen LogP contribution in [-0.4, -0.2) is 9.78 Å². The topological polar surface area (TPSA) is 17.8 Å². The molecule has 0 aliphatic heterocycles. The third-order valence-electron chi connectivity index (χ3n) is 2.36. The first-order valence-corrected chi connectivity index (χ1v) is 5.73. The van der Waals surface area contributed by atoms with Crippen LogP contribution in [0.5, 0.6) is 0 Å². The zero-order valence-electron chi connectivity index (χ0n) is 8.76. The van der Waals surface area contributed by atoms with Crippen molar-refractivity contribution in [1.29, 1.82) is 0 Å². The molecule has 0 saturated heterocycles. The van der Waals surface area contributed by atoms with E-state index < -0.39 is 11.6 Å². The summed E-state index contributed by atoms with van der Waals surface area (Å²) in [5.41, 5.74) is 1.66. The van der Waals surface area contributed by atoms with Crippen LogP contribution >= 0.6 is 22.6 Å². The second-order valence-electron chi connectivity index (χ2n) is 3.47. The fraction of sp³-hybridized carbons (Fsp3) is 0.182. The summed E-state index contributed by atoms with van der Waals surface area (Å²) in [5.74, 6) is -1.67. The fourth-order valence-electron chi connectivity index (χ4n) is 1.61. The molecule has 0 unspecified atom stereocenters. The maximum atomic E-state index is 13.6. The number of rotatable bonds is 1. The van der Waals surface area contributed by atoms with Crippen molar-refractivity contribution in [2.24, 2.45) is 7.05 Å². The summed E-state index contributed by atoms with van der Waals surface area (Å²) in [6.07, 6.45) is 0. The van der Waals surface area contributed by atoms with Crippen LogP contribution in [0.4, 0.5) is 8.78 Å². The van der Waals surface area contributed by atoms with Crippen LogP contribution in [-0.2, 0) is 7.05 Å². The van der Waals surface area contributed by atoms with Crippen molar-refractivity contribution in [3.8, 4) is 11.3 Å². The van der Waals surface area contributed by atoms with E-state index in [1.165, 1.54) is 6.07 Å². The molecular weight excluding hydrogens is 325 g/mol. The van der Waals surface area contributed by atoms with Gasteiger partial charge in [-0.3, -0.25) is 4.68 Å². The van der Waals surface area contributed by atoms with Gasteiger partial charge in [0, 0.05) is 12.6 Å². The van der Waals surface area contributed by atoms with Crippen LogP contribution < -0.4 is 0 Å². The standard InChI is InChI=1S/C11H9F2IN2/c1-6-10(14)11(16(2)15-6)7-4-3-5-8(12)9(7)13/h3-5H,1-2H3. The minimum Gasteiger partial charge on any atom is -0.266 e. The van der Waals surface area contributed by atoms with E-state index in [1.54, 1.807) is 17.8 Å². The molecule has 2 nitrogen and oxygen atoms in total. The van der Waals surface area contributed by atoms with Gasteiger partial charge in [-0.15, -0.1) is 0 Å². The highest BCUT2D eigenvalue weighted by Crippen LogP contribution is 2.29. The first kappa shape index (κ1) is 11.5. The normalized spacial score (nSPS) is 10.8. The number of halogens is 3. The number of benzene rings is 1. The zero-order chi connectivity index (χ0) is 11.9. The van der Waals surface area contributed by atoms with E-state index in [0.29, 0.717) is 5.69 Å². The van der Waals surface area contributed by atoms with Crippen molar-refractivity contribution < 1.29 is 8.78 Å². The summed E-state index contributed by atoms with van der Waals surface area (Å²) in [5, 5.41) is 4.18. The van der Waals surface area contributed by atoms with Gasteiger partial charge in [-0.05, 0) is 41.6 Å². The summed E-state index contributed by atoms with van der Waals surface area (Å²) in [6.45, 7) is 1.84. The Hall–Kier alpha value is -0.980. The molecule has 0 fully saturated rings. The van der Waals surface area contributed by atoms with E-state index in [9.17, 15) is 8.78 Å². The van der Waals surface area contributed by atoms with Crippen molar-refractivity contribution in [3.63, 3.8) is 0 Å². The van der Waals surface area contributed by atoms with Gasteiger partial charge in [-0.25, -0.2) is 8.78 Å². The van der Waals surface area contributed by atoms with Crippen LogP contribution in [0.15, 0.2) is 18.2 Å². The van der Waals surface area contributed by atoms with Gasteiger partial charge in [0.25, 0.3) is 0 Å². The highest BCUT2D eigenvalue weighted by atomic mass is 127. The molecule has 0 amide bonds. The van der Waals surface area contributed by atoms with Crippen LogP contribution in [0.2, 0.25) is 0 Å². The first-order valence-electron chi connectivity index (χ1n) is 4.66. The van der Waals surface area contributed by atoms with Crippen LogP contribution in [0, 0.1) is 22.1 Å². The summed E-state index contributed by atoms with van der Waals surface area (Å²) in [7, 11) is 1.72. The number of nitrogens with zero attached hydrogens (tertiary/aromatic N) is 2. The van der Waals surface area contributed by atoms with Gasteiger partial charge in [-0.2, -0.15) is 5.10 Å². The zero-order valence-corrected chi connectivity index (χ0v) is 10.9. The third-order valence-corrected chi connectivity index (χ3v) is 3.65. The fourth-order valence-corrected chi connectivity index (χ4v) is 2.36. The van der Waals surface area contributed by atoms with E-state index in [-0.39, 0.29) is 5.56 Å². The minimum atomic E-state index is -0.841. The molecule has 0 bridgehead atoms. The third kappa shape index (κ3) is 1.73. The Labute approximate surface area is 105 Å². The SMILES string of the molecule is Cc1nn(C)c(-c2cccc(F)c2F)c1I. The van der Waals surface area contributed by atoms with Crippen molar-refractivity contribution in [3.05, 3.63) is 39.1 Å². The second-order valence-corrected chi connectivity index (χ2v) is 4.55. The molecule has 0 radical (unpaired) electrons. The van der Waals surface area contributed by atoms with Crippen LogP contribution in [0.3, 0.4) is 0 Å². The van der Waals surface area contributed by atoms with E-state index in [0.717, 1.165) is 15.3 Å². The lowest BCUT2D eigenvalue weighted by Gasteiger charge is -2.05. The molecule has 5 heteroatoms. The summed E-state index contributed by atoms with van der Waals surface area (Å²) >= 11 is 2.09. The van der Waals surface area contributed by atoms with E-state index >= 15 is 0 Å². The Bertz CT molecular complexity index is 549. The largest absolute Gasteiger partial charge is 0.266 e. The van der Waals surface area contributed by atoms with Gasteiger partial charge < -0.3 is 0 Å². The van der Waals surface area contributed by atoms with Gasteiger partial charge in [-0.1, -0.05) is 6.07 Å². The minimum absolute atomic E-state index is 0.243. The molecular formula is C11H9F2IN2. The molecule has 0 N–H and O–H groups in total. The number of aromatic nitrogens is 2. The quantitative estimate of drug-likeness (QED) is 0.732. The van der Waals surface area contributed by atoms with Gasteiger partial charge in [0.2, 0.25) is 0 Å². The maximum absolute atomic E-state index is 13.6. The Balaban J connectivity index is 2.72. The van der Waals surface area contributed by atoms with Crippen molar-refractivity contribution in [1.82, 2.24) is 9.78 Å². The van der Waals surface area contributed by atoms with Crippen molar-refractivity contribution in [2.75, 3.05) is 0 Å². The molecule has 1 heterocycles. The smallest absolute Gasteiger partial charge is 0.168 e. The highest BCUT2D eigenvalue weighted by Gasteiger charge is 2.17. The predicted octanol–water partition coefficient (Wildman–Crippen LogP) is 3.28. The molecule has 2 aromatic rings. The Kier molecular flexibility index (Phi) is 2.96. The average Bonchev–Trinajstić information content (AvgIpc) is 2.47. The monoisotopic (exact) mass is 334 g/mol. The summed E-state index contributed by atoms with van der Waals surface area (Å²) in [4.78, 5) is 0. The van der Waals surface area contributed by atoms with E-state index in [4.69, 9.17) is 0 Å². The summed E-state index contributed by atoms with van der Waals surface area (Å²) < 4.78 is 29.2. The molecule has 1 aromatic heterocycles. The Morgan fingerprint density at radius 3 is 2.56 bits per heavy atom. The Morgan fingerprint density at radius 1 is 1.31 bits per heavy atom. The summed E-state index contributed by atoms with van der Waals surface area (Å²) in [6, 6.07) is 4.15. The lowest BCUT2D eigenvalue weighted by molar-refractivity contribution is 0.510. The first-order chi connectivity index (χ1) is 7.52. The molecule has 16 heavy (non-hydrogen) atoms. The van der Waals surface area contributed by atoms with Gasteiger partial charge in [0.15, 0.2) is 11.6 Å². The molecule has 0 atom stereocenters. The van der Waals surface area contributed by atoms with Crippen molar-refractivity contribution in [2.45, 2.75) is 6.92 Å². The molecule has 0 aliphatic carbocycles. The van der Waals surface area contributed by atoms with E-state index in [2.05, 4.69) is 27.7 Å². The highest BCUT2D eigenvalue weighted by molar-refractivity contribution is 14.1. The van der Waals surface area contributed by atoms with Gasteiger partial charge in [0.05, 0.1) is 15.0 Å². The van der Waals surface area contributed by atoms with Crippen LogP contribution in [0.25, 0.3) is 11.3 Å². The van der Waals surface area contributed by atoms with Crippen LogP contribution in [0.1, 0.15) is 5.69 Å². The lowest BCUT2D eigenvalue weighted by atomic mass is 10.1. The van der Waals surface area contributed by atoms with Gasteiger partial charge in [0.1, 0.15) is 0 Å². The molecule has 1 aromatic carbocycles. The maximum Gasteiger partial charge on any atom is 0.168 e. The lowest BCUT2D eigenvalue weighted by Crippen LogP contribution is -1.98. The number of aryl methyl sites for hydroxylation is 2. The molecule has 0 aliphatic rings.